The van der Waals surface area contributed by atoms with E-state index >= 15 is 0 Å². The van der Waals surface area contributed by atoms with Gasteiger partial charge in [0.2, 0.25) is 0 Å². The number of ether oxygens (including phenoxy) is 1. The van der Waals surface area contributed by atoms with E-state index in [-0.39, 0.29) is 6.10 Å². The monoisotopic (exact) mass is 226 g/mol. The summed E-state index contributed by atoms with van der Waals surface area (Å²) >= 11 is 1.69. The van der Waals surface area contributed by atoms with Crippen molar-refractivity contribution in [3.63, 3.8) is 0 Å². The summed E-state index contributed by atoms with van der Waals surface area (Å²) in [5.41, 5.74) is 0. The topological polar surface area (TPSA) is 34.1 Å². The molecule has 1 aromatic heterocycles. The Morgan fingerprint density at radius 3 is 3.20 bits per heavy atom. The molecule has 15 heavy (non-hydrogen) atoms. The van der Waals surface area contributed by atoms with Crippen molar-refractivity contribution in [3.8, 4) is 0 Å². The molecule has 0 aromatic carbocycles. The van der Waals surface area contributed by atoms with E-state index in [1.54, 1.807) is 11.3 Å². The van der Waals surface area contributed by atoms with E-state index in [0.29, 0.717) is 12.0 Å². The smallest absolute Gasteiger partial charge is 0.122 e. The molecule has 0 bridgehead atoms. The fourth-order valence-corrected chi connectivity index (χ4v) is 2.66. The molecule has 1 N–H and O–H groups in total. The number of thiazole rings is 1. The van der Waals surface area contributed by atoms with Crippen LogP contribution >= 0.6 is 11.3 Å². The number of nitrogens with zero attached hydrogens (tertiary/aromatic N) is 1. The summed E-state index contributed by atoms with van der Waals surface area (Å²) < 4.78 is 5.75. The van der Waals surface area contributed by atoms with Crippen LogP contribution < -0.4 is 5.32 Å². The highest BCUT2D eigenvalue weighted by Gasteiger charge is 2.31. The van der Waals surface area contributed by atoms with Crippen molar-refractivity contribution in [1.29, 1.82) is 0 Å². The molecule has 84 valence electrons. The molecule has 2 heterocycles. The van der Waals surface area contributed by atoms with Crippen LogP contribution in [-0.2, 0) is 4.74 Å². The third-order valence-electron chi connectivity index (χ3n) is 2.70. The van der Waals surface area contributed by atoms with E-state index in [2.05, 4.69) is 24.1 Å². The minimum absolute atomic E-state index is 0.219. The first-order valence-electron chi connectivity index (χ1n) is 5.51. The Balaban J connectivity index is 1.93. The van der Waals surface area contributed by atoms with E-state index in [1.165, 1.54) is 0 Å². The van der Waals surface area contributed by atoms with Gasteiger partial charge in [0.05, 0.1) is 0 Å². The van der Waals surface area contributed by atoms with E-state index < -0.39 is 0 Å². The van der Waals surface area contributed by atoms with Gasteiger partial charge in [-0.3, -0.25) is 0 Å². The Morgan fingerprint density at radius 1 is 1.67 bits per heavy atom. The van der Waals surface area contributed by atoms with Gasteiger partial charge in [-0.15, -0.1) is 11.3 Å². The van der Waals surface area contributed by atoms with Crippen LogP contribution in [0, 0.1) is 5.92 Å². The zero-order chi connectivity index (χ0) is 10.7. The summed E-state index contributed by atoms with van der Waals surface area (Å²) in [6.07, 6.45) is 3.22. The second kappa shape index (κ2) is 5.05. The highest BCUT2D eigenvalue weighted by molar-refractivity contribution is 7.09. The van der Waals surface area contributed by atoms with E-state index in [9.17, 15) is 0 Å². The molecule has 1 aliphatic heterocycles. The fraction of sp³-hybridized carbons (Fsp3) is 0.727. The van der Waals surface area contributed by atoms with Gasteiger partial charge in [0.25, 0.3) is 0 Å². The van der Waals surface area contributed by atoms with Gasteiger partial charge in [0.15, 0.2) is 0 Å². The normalized spacial score (nSPS) is 26.3. The van der Waals surface area contributed by atoms with Crippen LogP contribution in [-0.4, -0.2) is 24.2 Å². The van der Waals surface area contributed by atoms with Crippen molar-refractivity contribution in [2.24, 2.45) is 5.92 Å². The number of hydrogen-bond donors (Lipinski definition) is 1. The standard InChI is InChI=1S/C11H18N2OS/c1-8(2)13-7-9-3-5-14-10(9)11-12-4-6-15-11/h4,6,8-10,13H,3,5,7H2,1-2H3. The molecule has 2 unspecified atom stereocenters. The van der Waals surface area contributed by atoms with E-state index in [1.807, 2.05) is 11.6 Å². The van der Waals surface area contributed by atoms with Gasteiger partial charge >= 0.3 is 0 Å². The molecule has 3 nitrogen and oxygen atoms in total. The lowest BCUT2D eigenvalue weighted by Crippen LogP contribution is -2.30. The molecule has 4 heteroatoms. The summed E-state index contributed by atoms with van der Waals surface area (Å²) in [4.78, 5) is 4.34. The third-order valence-corrected chi connectivity index (χ3v) is 3.53. The van der Waals surface area contributed by atoms with Crippen molar-refractivity contribution in [2.45, 2.75) is 32.4 Å². The molecule has 1 saturated heterocycles. The first-order chi connectivity index (χ1) is 7.27. The maximum absolute atomic E-state index is 5.75. The molecule has 1 aromatic rings. The first kappa shape index (κ1) is 11.0. The quantitative estimate of drug-likeness (QED) is 0.855. The van der Waals surface area contributed by atoms with Crippen molar-refractivity contribution in [3.05, 3.63) is 16.6 Å². The minimum Gasteiger partial charge on any atom is -0.371 e. The molecule has 0 spiro atoms. The number of nitrogens with one attached hydrogen (secondary N) is 1. The van der Waals surface area contributed by atoms with Gasteiger partial charge in [-0.05, 0) is 6.42 Å². The molecule has 2 rings (SSSR count). The Kier molecular flexibility index (Phi) is 3.72. The van der Waals surface area contributed by atoms with Crippen LogP contribution in [0.2, 0.25) is 0 Å². The van der Waals surface area contributed by atoms with Gasteiger partial charge in [-0.25, -0.2) is 4.98 Å². The van der Waals surface area contributed by atoms with Crippen molar-refractivity contribution in [1.82, 2.24) is 10.3 Å². The average molecular weight is 226 g/mol. The summed E-state index contributed by atoms with van der Waals surface area (Å²) in [6.45, 7) is 6.25. The maximum atomic E-state index is 5.75. The van der Waals surface area contributed by atoms with Crippen molar-refractivity contribution >= 4 is 11.3 Å². The Hall–Kier alpha value is -0.450. The molecule has 0 amide bonds. The summed E-state index contributed by atoms with van der Waals surface area (Å²) in [5, 5.41) is 6.62. The molecule has 1 fully saturated rings. The lowest BCUT2D eigenvalue weighted by Gasteiger charge is -2.18. The summed E-state index contributed by atoms with van der Waals surface area (Å²) in [7, 11) is 0. The highest BCUT2D eigenvalue weighted by atomic mass is 32.1. The second-order valence-electron chi connectivity index (χ2n) is 4.27. The molecule has 1 aliphatic rings. The molecule has 0 saturated carbocycles. The Bertz CT molecular complexity index is 287. The lowest BCUT2D eigenvalue weighted by molar-refractivity contribution is 0.0898. The van der Waals surface area contributed by atoms with Gasteiger partial charge < -0.3 is 10.1 Å². The second-order valence-corrected chi connectivity index (χ2v) is 5.20. The highest BCUT2D eigenvalue weighted by Crippen LogP contribution is 2.34. The van der Waals surface area contributed by atoms with Crippen molar-refractivity contribution in [2.75, 3.05) is 13.2 Å². The van der Waals surface area contributed by atoms with Crippen LogP contribution in [0.5, 0.6) is 0 Å². The SMILES string of the molecule is CC(C)NCC1CCOC1c1nccs1. The molecular formula is C11H18N2OS. The maximum Gasteiger partial charge on any atom is 0.122 e. The van der Waals surface area contributed by atoms with Gasteiger partial charge in [-0.1, -0.05) is 13.8 Å². The van der Waals surface area contributed by atoms with E-state index in [4.69, 9.17) is 4.74 Å². The summed E-state index contributed by atoms with van der Waals surface area (Å²) in [5.74, 6) is 0.582. The fourth-order valence-electron chi connectivity index (χ4n) is 1.88. The van der Waals surface area contributed by atoms with Crippen LogP contribution in [0.3, 0.4) is 0 Å². The minimum atomic E-state index is 0.219. The van der Waals surface area contributed by atoms with Gasteiger partial charge in [0, 0.05) is 36.7 Å². The third kappa shape index (κ3) is 2.77. The largest absolute Gasteiger partial charge is 0.371 e. The van der Waals surface area contributed by atoms with Crippen LogP contribution in [0.4, 0.5) is 0 Å². The van der Waals surface area contributed by atoms with Crippen molar-refractivity contribution < 1.29 is 4.74 Å². The first-order valence-corrected chi connectivity index (χ1v) is 6.39. The molecular weight excluding hydrogens is 208 g/mol. The zero-order valence-electron chi connectivity index (χ0n) is 9.27. The van der Waals surface area contributed by atoms with Crippen LogP contribution in [0.1, 0.15) is 31.4 Å². The van der Waals surface area contributed by atoms with Gasteiger partial charge in [0.1, 0.15) is 11.1 Å². The zero-order valence-corrected chi connectivity index (χ0v) is 10.1. The van der Waals surface area contributed by atoms with Gasteiger partial charge in [-0.2, -0.15) is 0 Å². The number of rotatable bonds is 4. The number of hydrogen-bond acceptors (Lipinski definition) is 4. The number of aromatic nitrogens is 1. The molecule has 0 aliphatic carbocycles. The van der Waals surface area contributed by atoms with Crippen LogP contribution in [0.25, 0.3) is 0 Å². The lowest BCUT2D eigenvalue weighted by atomic mass is 10.0. The molecule has 2 atom stereocenters. The molecule has 0 radical (unpaired) electrons. The Labute approximate surface area is 94.9 Å². The van der Waals surface area contributed by atoms with E-state index in [0.717, 1.165) is 24.6 Å². The van der Waals surface area contributed by atoms with Crippen LogP contribution in [0.15, 0.2) is 11.6 Å². The summed E-state index contributed by atoms with van der Waals surface area (Å²) in [6, 6.07) is 0.544. The average Bonchev–Trinajstić information content (AvgIpc) is 2.85. The predicted molar refractivity (Wildman–Crippen MR) is 62.1 cm³/mol. The Morgan fingerprint density at radius 2 is 2.53 bits per heavy atom. The predicted octanol–water partition coefficient (Wildman–Crippen LogP) is 2.22.